The van der Waals surface area contributed by atoms with E-state index < -0.39 is 10.2 Å². The number of benzene rings is 1. The average molecular weight is 572 g/mol. The predicted molar refractivity (Wildman–Crippen MR) is 149 cm³/mol. The van der Waals surface area contributed by atoms with Gasteiger partial charge < -0.3 is 9.47 Å². The van der Waals surface area contributed by atoms with Gasteiger partial charge in [-0.25, -0.2) is 9.97 Å². The summed E-state index contributed by atoms with van der Waals surface area (Å²) in [7, 11) is 2.13. The van der Waals surface area contributed by atoms with Crippen LogP contribution in [0.1, 0.15) is 55.4 Å². The summed E-state index contributed by atoms with van der Waals surface area (Å²) in [5, 5.41) is 1.61. The quantitative estimate of drug-likeness (QED) is 0.275. The Bertz CT molecular complexity index is 1030. The van der Waals surface area contributed by atoms with Crippen molar-refractivity contribution in [2.75, 3.05) is 14.2 Å². The lowest BCUT2D eigenvalue weighted by molar-refractivity contribution is 0.355. The molecular weight excluding hydrogens is 533 g/mol. The van der Waals surface area contributed by atoms with Crippen LogP contribution in [0.2, 0.25) is 0 Å². The molecule has 0 N–H and O–H groups in total. The van der Waals surface area contributed by atoms with E-state index in [4.69, 9.17) is 19.4 Å². The molecule has 0 amide bonds. The molecule has 2 heterocycles. The SMILES string of the molecule is CC.COc1ccc(-c2cnc3c(n2)c(I)cn3S(C(C)C)(C(C)C)C(C)C)cc1OC. The molecule has 3 rings (SSSR count). The van der Waals surface area contributed by atoms with E-state index >= 15 is 0 Å². The van der Waals surface area contributed by atoms with Gasteiger partial charge in [0.1, 0.15) is 5.52 Å². The van der Waals surface area contributed by atoms with Gasteiger partial charge in [0.2, 0.25) is 0 Å². The van der Waals surface area contributed by atoms with Gasteiger partial charge in [0.25, 0.3) is 0 Å². The molecule has 0 saturated carbocycles. The van der Waals surface area contributed by atoms with E-state index in [-0.39, 0.29) is 0 Å². The molecule has 0 aliphatic heterocycles. The Morgan fingerprint density at radius 3 is 1.97 bits per heavy atom. The van der Waals surface area contributed by atoms with Gasteiger partial charge in [-0.1, -0.05) is 55.4 Å². The first-order valence-corrected chi connectivity index (χ1v) is 14.1. The van der Waals surface area contributed by atoms with Crippen molar-refractivity contribution in [1.82, 2.24) is 13.9 Å². The summed E-state index contributed by atoms with van der Waals surface area (Å²) in [5.41, 5.74) is 3.73. The second kappa shape index (κ2) is 11.1. The molecule has 32 heavy (non-hydrogen) atoms. The van der Waals surface area contributed by atoms with Gasteiger partial charge in [-0.15, -0.1) is 0 Å². The van der Waals surface area contributed by atoms with Gasteiger partial charge >= 0.3 is 0 Å². The first kappa shape index (κ1) is 26.8. The number of ether oxygens (including phenoxy) is 2. The molecular formula is C25H38IN3O2S. The minimum atomic E-state index is -1.16. The minimum absolute atomic E-state index is 0.538. The van der Waals surface area contributed by atoms with Crippen LogP contribution >= 0.6 is 32.8 Å². The maximum atomic E-state index is 5.46. The summed E-state index contributed by atoms with van der Waals surface area (Å²) in [5.74, 6) is 1.39. The maximum absolute atomic E-state index is 5.46. The second-order valence-corrected chi connectivity index (χ2v) is 14.0. The molecule has 7 heteroatoms. The van der Waals surface area contributed by atoms with Gasteiger partial charge in [0.05, 0.1) is 29.7 Å². The fraction of sp³-hybridized carbons (Fsp3) is 0.520. The van der Waals surface area contributed by atoms with E-state index in [0.717, 1.165) is 26.0 Å². The highest BCUT2D eigenvalue weighted by atomic mass is 127. The molecule has 0 saturated heterocycles. The van der Waals surface area contributed by atoms with Crippen molar-refractivity contribution in [1.29, 1.82) is 0 Å². The molecule has 178 valence electrons. The fourth-order valence-electron chi connectivity index (χ4n) is 4.62. The number of rotatable bonds is 7. The van der Waals surface area contributed by atoms with Crippen molar-refractivity contribution >= 4 is 44.0 Å². The summed E-state index contributed by atoms with van der Waals surface area (Å²) in [6.45, 7) is 18.1. The number of halogens is 1. The smallest absolute Gasteiger partial charge is 0.168 e. The van der Waals surface area contributed by atoms with Gasteiger partial charge in [-0.05, 0) is 40.8 Å². The van der Waals surface area contributed by atoms with Crippen molar-refractivity contribution < 1.29 is 9.47 Å². The van der Waals surface area contributed by atoms with Gasteiger partial charge in [-0.2, -0.15) is 10.2 Å². The second-order valence-electron chi connectivity index (χ2n) is 8.17. The summed E-state index contributed by atoms with van der Waals surface area (Å²) in [6, 6.07) is 5.85. The highest BCUT2D eigenvalue weighted by Crippen LogP contribution is 2.62. The molecule has 0 fully saturated rings. The monoisotopic (exact) mass is 571 g/mol. The lowest BCUT2D eigenvalue weighted by Crippen LogP contribution is -2.34. The Hall–Kier alpha value is -1.48. The van der Waals surface area contributed by atoms with E-state index in [2.05, 4.69) is 74.3 Å². The van der Waals surface area contributed by atoms with Crippen LogP contribution in [-0.4, -0.2) is 43.9 Å². The molecule has 0 spiro atoms. The largest absolute Gasteiger partial charge is 0.493 e. The molecule has 3 aromatic rings. The first-order chi connectivity index (χ1) is 15.2. The molecule has 0 unspecified atom stereocenters. The van der Waals surface area contributed by atoms with Crippen molar-refractivity contribution in [3.8, 4) is 22.8 Å². The minimum Gasteiger partial charge on any atom is -0.493 e. The van der Waals surface area contributed by atoms with Crippen LogP contribution in [0.25, 0.3) is 22.4 Å². The topological polar surface area (TPSA) is 49.2 Å². The summed E-state index contributed by atoms with van der Waals surface area (Å²) < 4.78 is 14.4. The van der Waals surface area contributed by atoms with Crippen LogP contribution in [0, 0.1) is 3.57 Å². The van der Waals surface area contributed by atoms with Crippen LogP contribution in [-0.2, 0) is 0 Å². The zero-order chi connectivity index (χ0) is 24.2. The molecule has 0 atom stereocenters. The van der Waals surface area contributed by atoms with Gasteiger partial charge in [0, 0.05) is 27.5 Å². The highest BCUT2D eigenvalue weighted by Gasteiger charge is 2.38. The fourth-order valence-corrected chi connectivity index (χ4v) is 10.8. The average Bonchev–Trinajstić information content (AvgIpc) is 3.10. The predicted octanol–water partition coefficient (Wildman–Crippen LogP) is 7.54. The third kappa shape index (κ3) is 4.60. The molecule has 0 aliphatic rings. The third-order valence-corrected chi connectivity index (χ3v) is 12.0. The first-order valence-electron chi connectivity index (χ1n) is 11.2. The van der Waals surface area contributed by atoms with Crippen molar-refractivity contribution in [2.45, 2.75) is 71.1 Å². The van der Waals surface area contributed by atoms with Crippen LogP contribution in [0.3, 0.4) is 0 Å². The molecule has 1 aromatic carbocycles. The maximum Gasteiger partial charge on any atom is 0.168 e. The lowest BCUT2D eigenvalue weighted by Gasteiger charge is -2.52. The van der Waals surface area contributed by atoms with Crippen molar-refractivity contribution in [3.05, 3.63) is 34.2 Å². The summed E-state index contributed by atoms with van der Waals surface area (Å²) >= 11 is 2.40. The Balaban J connectivity index is 0.00000176. The number of nitrogens with zero attached hydrogens (tertiary/aromatic N) is 3. The zero-order valence-corrected chi connectivity index (χ0v) is 24.0. The zero-order valence-electron chi connectivity index (χ0n) is 21.1. The number of methoxy groups -OCH3 is 2. The van der Waals surface area contributed by atoms with Gasteiger partial charge in [-0.3, -0.25) is 3.97 Å². The van der Waals surface area contributed by atoms with Crippen LogP contribution < -0.4 is 9.47 Å². The summed E-state index contributed by atoms with van der Waals surface area (Å²) in [4.78, 5) is 9.95. The van der Waals surface area contributed by atoms with Crippen molar-refractivity contribution in [3.63, 3.8) is 0 Å². The van der Waals surface area contributed by atoms with Crippen LogP contribution in [0.4, 0.5) is 0 Å². The Morgan fingerprint density at radius 2 is 1.47 bits per heavy atom. The van der Waals surface area contributed by atoms with Gasteiger partial charge in [0.15, 0.2) is 17.1 Å². The molecule has 5 nitrogen and oxygen atoms in total. The third-order valence-electron chi connectivity index (χ3n) is 5.70. The highest BCUT2D eigenvalue weighted by molar-refractivity contribution is 14.1. The van der Waals surface area contributed by atoms with Crippen molar-refractivity contribution in [2.24, 2.45) is 0 Å². The van der Waals surface area contributed by atoms with Crippen LogP contribution in [0.15, 0.2) is 30.6 Å². The number of hydrogen-bond donors (Lipinski definition) is 0. The Kier molecular flexibility index (Phi) is 9.28. The van der Waals surface area contributed by atoms with E-state index in [9.17, 15) is 0 Å². The molecule has 2 aromatic heterocycles. The molecule has 0 aliphatic carbocycles. The Labute approximate surface area is 208 Å². The van der Waals surface area contributed by atoms with E-state index in [1.165, 1.54) is 0 Å². The normalized spacial score (nSPS) is 12.3. The van der Waals surface area contributed by atoms with E-state index in [1.807, 2.05) is 38.2 Å². The number of aromatic nitrogens is 3. The standard InChI is InChI=1S/C23H32IN3O2S.C2H6/c1-14(2)30(15(3)4,16(5)6)27-13-18(24)22-23(27)25-12-19(26-22)17-9-10-20(28-7)21(11-17)29-8;1-2/h9-16H,1-8H3;1-2H3. The number of fused-ring (bicyclic) bond motifs is 1. The number of hydrogen-bond acceptors (Lipinski definition) is 4. The Morgan fingerprint density at radius 1 is 0.906 bits per heavy atom. The lowest BCUT2D eigenvalue weighted by atomic mass is 10.1. The van der Waals surface area contributed by atoms with E-state index in [0.29, 0.717) is 27.2 Å². The summed E-state index contributed by atoms with van der Waals surface area (Å²) in [6.07, 6.45) is 4.14. The van der Waals surface area contributed by atoms with E-state index in [1.54, 1.807) is 14.2 Å². The molecule has 0 radical (unpaired) electrons. The molecule has 0 bridgehead atoms. The van der Waals surface area contributed by atoms with Crippen LogP contribution in [0.5, 0.6) is 11.5 Å².